The highest BCUT2D eigenvalue weighted by Gasteiger charge is 2.55. The molecule has 0 atom stereocenters. The first-order valence-electron chi connectivity index (χ1n) is 12.4. The molecule has 2 aliphatic rings. The summed E-state index contributed by atoms with van der Waals surface area (Å²) in [5, 5.41) is 0. The fourth-order valence-electron chi connectivity index (χ4n) is 5.93. The van der Waals surface area contributed by atoms with E-state index in [-0.39, 0.29) is 6.98 Å². The van der Waals surface area contributed by atoms with Crippen molar-refractivity contribution in [3.63, 3.8) is 0 Å². The fraction of sp³-hybridized carbons (Fsp3) is 0.233. The van der Waals surface area contributed by atoms with Gasteiger partial charge in [-0.15, -0.1) is 0 Å². The lowest BCUT2D eigenvalue weighted by Crippen LogP contribution is -2.57. The van der Waals surface area contributed by atoms with Crippen molar-refractivity contribution in [3.05, 3.63) is 107 Å². The molecule has 0 unspecified atom stereocenters. The van der Waals surface area contributed by atoms with Crippen LogP contribution in [-0.4, -0.2) is 6.98 Å². The third-order valence-electron chi connectivity index (χ3n) is 7.50. The minimum Gasteiger partial charge on any atom is -0.333 e. The highest BCUT2D eigenvalue weighted by atomic mass is 15.4. The van der Waals surface area contributed by atoms with Crippen LogP contribution in [0.5, 0.6) is 0 Å². The van der Waals surface area contributed by atoms with Crippen LogP contribution in [0.4, 0.5) is 22.9 Å². The predicted octanol–water partition coefficient (Wildman–Crippen LogP) is 5.73. The molecule has 168 valence electrons. The Labute approximate surface area is 203 Å². The van der Waals surface area contributed by atoms with Gasteiger partial charge in [-0.25, -0.2) is 4.57 Å². The molecular formula is C30H31BN3+. The molecular weight excluding hydrogens is 413 g/mol. The van der Waals surface area contributed by atoms with Crippen molar-refractivity contribution < 1.29 is 4.57 Å². The molecule has 34 heavy (non-hydrogen) atoms. The lowest BCUT2D eigenvalue weighted by atomic mass is 9.58. The Hall–Kier alpha value is -3.53. The molecule has 0 saturated heterocycles. The van der Waals surface area contributed by atoms with Gasteiger partial charge in [0.15, 0.2) is 0 Å². The van der Waals surface area contributed by atoms with Crippen molar-refractivity contribution in [1.29, 1.82) is 0 Å². The van der Waals surface area contributed by atoms with Crippen LogP contribution in [0.1, 0.15) is 42.0 Å². The highest BCUT2D eigenvalue weighted by molar-refractivity contribution is 6.85. The van der Waals surface area contributed by atoms with E-state index in [0.717, 1.165) is 12.8 Å². The third kappa shape index (κ3) is 3.08. The smallest absolute Gasteiger partial charge is 0.333 e. The Kier molecular flexibility index (Phi) is 4.98. The monoisotopic (exact) mass is 444 g/mol. The van der Waals surface area contributed by atoms with E-state index in [0.29, 0.717) is 5.92 Å². The highest BCUT2D eigenvalue weighted by Crippen LogP contribution is 2.46. The van der Waals surface area contributed by atoms with Crippen molar-refractivity contribution in [2.24, 2.45) is 7.05 Å². The van der Waals surface area contributed by atoms with Crippen LogP contribution in [0.2, 0.25) is 0 Å². The number of hydrogen-bond donors (Lipinski definition) is 0. The maximum absolute atomic E-state index is 2.60. The van der Waals surface area contributed by atoms with Crippen molar-refractivity contribution in [3.8, 4) is 0 Å². The van der Waals surface area contributed by atoms with Crippen LogP contribution in [0.25, 0.3) is 0 Å². The van der Waals surface area contributed by atoms with Crippen molar-refractivity contribution in [2.75, 3.05) is 9.62 Å². The van der Waals surface area contributed by atoms with Gasteiger partial charge in [0.05, 0.1) is 13.2 Å². The zero-order chi connectivity index (χ0) is 23.4. The molecule has 2 aliphatic heterocycles. The molecule has 0 bridgehead atoms. The van der Waals surface area contributed by atoms with E-state index >= 15 is 0 Å². The molecule has 3 heterocycles. The summed E-state index contributed by atoms with van der Waals surface area (Å²) in [6.07, 6.45) is 4.28. The quantitative estimate of drug-likeness (QED) is 0.289. The number of pyridine rings is 1. The van der Waals surface area contributed by atoms with Crippen molar-refractivity contribution in [1.82, 2.24) is 0 Å². The van der Waals surface area contributed by atoms with Gasteiger partial charge in [0.1, 0.15) is 11.4 Å². The topological polar surface area (TPSA) is 10.4 Å². The Morgan fingerprint density at radius 2 is 1.41 bits per heavy atom. The van der Waals surface area contributed by atoms with E-state index in [1.165, 1.54) is 50.6 Å². The number of aryl methyl sites for hydroxylation is 4. The van der Waals surface area contributed by atoms with Crippen molar-refractivity contribution >= 4 is 35.3 Å². The van der Waals surface area contributed by atoms with Crippen LogP contribution in [0.15, 0.2) is 85.1 Å². The standard InChI is InChI=1S/C30H31BN3/c1-21(2)25-14-9-13-24-19-18-23-12-6-8-16-27(23)33-28-17-10-20-32(4)30(28)34(31(33)29(24)25)26-15-7-5-11-22(26)3/h5-17,20-21H,18-19H2,1-4H3/q+1. The summed E-state index contributed by atoms with van der Waals surface area (Å²) >= 11 is 0. The molecule has 0 aliphatic carbocycles. The summed E-state index contributed by atoms with van der Waals surface area (Å²) < 4.78 is 2.28. The number of rotatable bonds is 2. The molecule has 3 aromatic carbocycles. The number of anilines is 4. The maximum atomic E-state index is 2.60. The zero-order valence-corrected chi connectivity index (χ0v) is 20.5. The average Bonchev–Trinajstić information content (AvgIpc) is 3.17. The second kappa shape index (κ2) is 8.05. The summed E-state index contributed by atoms with van der Waals surface area (Å²) in [6.45, 7) is 6.94. The predicted molar refractivity (Wildman–Crippen MR) is 143 cm³/mol. The zero-order valence-electron chi connectivity index (χ0n) is 20.5. The lowest BCUT2D eigenvalue weighted by Gasteiger charge is -2.32. The normalized spacial score (nSPS) is 14.3. The second-order valence-electron chi connectivity index (χ2n) is 9.93. The molecule has 0 N–H and O–H groups in total. The van der Waals surface area contributed by atoms with Crippen LogP contribution in [0.3, 0.4) is 0 Å². The van der Waals surface area contributed by atoms with Gasteiger partial charge in [0.2, 0.25) is 0 Å². The molecule has 0 amide bonds. The summed E-state index contributed by atoms with van der Waals surface area (Å²) in [5.41, 5.74) is 10.9. The number of hydrogen-bond acceptors (Lipinski definition) is 2. The van der Waals surface area contributed by atoms with Gasteiger partial charge in [-0.2, -0.15) is 0 Å². The van der Waals surface area contributed by atoms with Crippen LogP contribution in [0, 0.1) is 6.92 Å². The van der Waals surface area contributed by atoms with E-state index in [2.05, 4.69) is 127 Å². The van der Waals surface area contributed by atoms with E-state index in [1.807, 2.05) is 0 Å². The Balaban J connectivity index is 1.74. The minimum atomic E-state index is 0.0553. The average molecular weight is 444 g/mol. The Morgan fingerprint density at radius 1 is 0.735 bits per heavy atom. The molecule has 0 fully saturated rings. The van der Waals surface area contributed by atoms with E-state index in [1.54, 1.807) is 0 Å². The molecule has 0 radical (unpaired) electrons. The van der Waals surface area contributed by atoms with Gasteiger partial charge in [-0.1, -0.05) is 68.4 Å². The van der Waals surface area contributed by atoms with Gasteiger partial charge in [-0.3, -0.25) is 4.81 Å². The Bertz CT molecular complexity index is 1390. The molecule has 4 heteroatoms. The number of benzene rings is 3. The van der Waals surface area contributed by atoms with Crippen LogP contribution < -0.4 is 19.7 Å². The van der Waals surface area contributed by atoms with Gasteiger partial charge in [0.25, 0.3) is 5.82 Å². The molecule has 1 aromatic heterocycles. The SMILES string of the molecule is Cc1ccccc1N1B2c3c(cccc3C(C)C)CCc3ccccc3N2c2ccc[n+](C)c21. The number of aromatic nitrogens is 1. The molecule has 3 nitrogen and oxygen atoms in total. The first-order valence-corrected chi connectivity index (χ1v) is 12.4. The van der Waals surface area contributed by atoms with Crippen LogP contribution >= 0.6 is 0 Å². The number of nitrogens with zero attached hydrogens (tertiary/aromatic N) is 3. The lowest BCUT2D eigenvalue weighted by molar-refractivity contribution is -0.657. The second-order valence-corrected chi connectivity index (χ2v) is 9.93. The fourth-order valence-corrected chi connectivity index (χ4v) is 5.93. The van der Waals surface area contributed by atoms with E-state index in [9.17, 15) is 0 Å². The van der Waals surface area contributed by atoms with E-state index < -0.39 is 0 Å². The summed E-state index contributed by atoms with van der Waals surface area (Å²) in [7, 11) is 2.17. The van der Waals surface area contributed by atoms with Crippen molar-refractivity contribution in [2.45, 2.75) is 39.5 Å². The van der Waals surface area contributed by atoms with Gasteiger partial charge in [-0.05, 0) is 72.2 Å². The number of para-hydroxylation sites is 2. The molecule has 0 spiro atoms. The van der Waals surface area contributed by atoms with Crippen LogP contribution in [-0.2, 0) is 19.9 Å². The maximum Gasteiger partial charge on any atom is 0.543 e. The summed E-state index contributed by atoms with van der Waals surface area (Å²) in [5.74, 6) is 1.69. The number of fused-ring (bicyclic) bond motifs is 7. The first-order chi connectivity index (χ1) is 16.6. The molecule has 6 rings (SSSR count). The van der Waals surface area contributed by atoms with Gasteiger partial charge < -0.3 is 4.81 Å². The minimum absolute atomic E-state index is 0.0553. The summed E-state index contributed by atoms with van der Waals surface area (Å²) in [6, 6.07) is 29.2. The van der Waals surface area contributed by atoms with Gasteiger partial charge in [0, 0.05) is 11.2 Å². The van der Waals surface area contributed by atoms with Gasteiger partial charge >= 0.3 is 6.98 Å². The molecule has 4 aromatic rings. The first kappa shape index (κ1) is 21.0. The third-order valence-corrected chi connectivity index (χ3v) is 7.50. The summed E-state index contributed by atoms with van der Waals surface area (Å²) in [4.78, 5) is 5.18. The molecule has 0 saturated carbocycles. The Morgan fingerprint density at radius 3 is 2.21 bits per heavy atom. The van der Waals surface area contributed by atoms with E-state index in [4.69, 9.17) is 0 Å². The largest absolute Gasteiger partial charge is 0.543 e.